The molecule has 0 radical (unpaired) electrons. The van der Waals surface area contributed by atoms with Crippen molar-refractivity contribution >= 4 is 16.7 Å². The lowest BCUT2D eigenvalue weighted by Crippen LogP contribution is -2.43. The second-order valence-corrected chi connectivity index (χ2v) is 6.22. The van der Waals surface area contributed by atoms with E-state index >= 15 is 0 Å². The number of nitrogens with zero attached hydrogens (tertiary/aromatic N) is 3. The summed E-state index contributed by atoms with van der Waals surface area (Å²) in [6.45, 7) is 3.92. The van der Waals surface area contributed by atoms with Crippen LogP contribution in [-0.4, -0.2) is 56.2 Å². The molecule has 2 unspecified atom stereocenters. The number of aromatic nitrogens is 3. The number of hydrogen-bond acceptors (Lipinski definition) is 5. The lowest BCUT2D eigenvalue weighted by Gasteiger charge is -2.26. The van der Waals surface area contributed by atoms with Crippen molar-refractivity contribution in [3.8, 4) is 0 Å². The first-order valence-electron chi connectivity index (χ1n) is 5.81. The van der Waals surface area contributed by atoms with Gasteiger partial charge in [-0.05, 0) is 6.92 Å². The van der Waals surface area contributed by atoms with Gasteiger partial charge in [-0.2, -0.15) is 0 Å². The van der Waals surface area contributed by atoms with Crippen LogP contribution in [0.15, 0.2) is 6.20 Å². The lowest BCUT2D eigenvalue weighted by atomic mass is 10.2. The van der Waals surface area contributed by atoms with E-state index in [2.05, 4.69) is 20.9 Å². The van der Waals surface area contributed by atoms with E-state index in [1.807, 2.05) is 6.92 Å². The van der Waals surface area contributed by atoms with Gasteiger partial charge in [-0.25, -0.2) is 4.68 Å². The average Bonchev–Trinajstić information content (AvgIpc) is 2.72. The summed E-state index contributed by atoms with van der Waals surface area (Å²) in [6, 6.07) is 0.293. The van der Waals surface area contributed by atoms with Gasteiger partial charge in [0.2, 0.25) is 0 Å². The molecule has 0 aliphatic carbocycles. The highest BCUT2D eigenvalue weighted by Crippen LogP contribution is 2.09. The molecule has 1 aliphatic rings. The van der Waals surface area contributed by atoms with Crippen molar-refractivity contribution < 1.29 is 9.00 Å². The molecular formula is C10H17N5O2S. The molecule has 18 heavy (non-hydrogen) atoms. The minimum atomic E-state index is -0.942. The van der Waals surface area contributed by atoms with Crippen molar-refractivity contribution in [3.63, 3.8) is 0 Å². The molecule has 0 saturated carbocycles. The normalized spacial score (nSPS) is 19.0. The predicted molar refractivity (Wildman–Crippen MR) is 67.8 cm³/mol. The van der Waals surface area contributed by atoms with Gasteiger partial charge < -0.3 is 10.6 Å². The van der Waals surface area contributed by atoms with Gasteiger partial charge in [0.25, 0.3) is 5.91 Å². The molecule has 1 saturated heterocycles. The fourth-order valence-corrected chi connectivity index (χ4v) is 1.78. The molecule has 7 nitrogen and oxygen atoms in total. The fraction of sp³-hybridized carbons (Fsp3) is 0.700. The monoisotopic (exact) mass is 271 g/mol. The first kappa shape index (κ1) is 13.2. The van der Waals surface area contributed by atoms with Crippen LogP contribution in [0.2, 0.25) is 0 Å². The summed E-state index contributed by atoms with van der Waals surface area (Å²) in [5.41, 5.74) is 0.302. The number of carbonyl (C=O) groups is 1. The molecule has 1 aromatic rings. The predicted octanol–water partition coefficient (Wildman–Crippen LogP) is -1.08. The van der Waals surface area contributed by atoms with E-state index in [0.717, 1.165) is 13.1 Å². The third-order valence-corrected chi connectivity index (χ3v) is 4.29. The minimum Gasteiger partial charge on any atom is -0.349 e. The second-order valence-electron chi connectivity index (χ2n) is 4.42. The molecular weight excluding hydrogens is 254 g/mol. The van der Waals surface area contributed by atoms with Crippen molar-refractivity contribution in [2.24, 2.45) is 0 Å². The second kappa shape index (κ2) is 5.57. The highest BCUT2D eigenvalue weighted by atomic mass is 32.2. The standard InChI is InChI=1S/C10H17N5O2S/c1-7(18(2)17)3-12-10(16)9-6-15(14-13-9)8-4-11-5-8/h6-8,11H,3-5H2,1-2H3,(H,12,16). The van der Waals surface area contributed by atoms with Crippen LogP contribution in [0.1, 0.15) is 23.5 Å². The molecule has 2 rings (SSSR count). The van der Waals surface area contributed by atoms with Gasteiger partial charge in [-0.15, -0.1) is 5.10 Å². The highest BCUT2D eigenvalue weighted by molar-refractivity contribution is 7.84. The van der Waals surface area contributed by atoms with Crippen LogP contribution in [0.3, 0.4) is 0 Å². The Bertz CT molecular complexity index is 457. The van der Waals surface area contributed by atoms with E-state index in [1.54, 1.807) is 17.1 Å². The molecule has 1 aromatic heterocycles. The van der Waals surface area contributed by atoms with Crippen LogP contribution in [0.5, 0.6) is 0 Å². The molecule has 1 aliphatic heterocycles. The van der Waals surface area contributed by atoms with Gasteiger partial charge in [-0.3, -0.25) is 9.00 Å². The first-order valence-corrected chi connectivity index (χ1v) is 7.43. The molecule has 1 amide bonds. The smallest absolute Gasteiger partial charge is 0.273 e. The summed E-state index contributed by atoms with van der Waals surface area (Å²) in [5.74, 6) is -0.272. The van der Waals surface area contributed by atoms with Gasteiger partial charge >= 0.3 is 0 Å². The number of hydrogen-bond donors (Lipinski definition) is 2. The van der Waals surface area contributed by atoms with E-state index in [1.165, 1.54) is 0 Å². The van der Waals surface area contributed by atoms with Gasteiger partial charge in [0.1, 0.15) is 0 Å². The minimum absolute atomic E-state index is 0.0696. The van der Waals surface area contributed by atoms with Crippen molar-refractivity contribution in [2.75, 3.05) is 25.9 Å². The maximum Gasteiger partial charge on any atom is 0.273 e. The summed E-state index contributed by atoms with van der Waals surface area (Å²) in [6.07, 6.45) is 3.27. The zero-order valence-corrected chi connectivity index (χ0v) is 11.2. The Labute approximate surface area is 108 Å². The van der Waals surface area contributed by atoms with Crippen LogP contribution in [-0.2, 0) is 10.8 Å². The average molecular weight is 271 g/mol. The molecule has 2 heterocycles. The molecule has 2 N–H and O–H groups in total. The summed E-state index contributed by atoms with van der Waals surface area (Å²) in [4.78, 5) is 11.8. The van der Waals surface area contributed by atoms with Crippen molar-refractivity contribution in [1.29, 1.82) is 0 Å². The Morgan fingerprint density at radius 3 is 3.00 bits per heavy atom. The zero-order valence-electron chi connectivity index (χ0n) is 10.4. The van der Waals surface area contributed by atoms with Gasteiger partial charge in [0, 0.05) is 41.9 Å². The Morgan fingerprint density at radius 1 is 1.72 bits per heavy atom. The Hall–Kier alpha value is -1.28. The van der Waals surface area contributed by atoms with Crippen LogP contribution in [0, 0.1) is 0 Å². The van der Waals surface area contributed by atoms with Crippen LogP contribution in [0.25, 0.3) is 0 Å². The quantitative estimate of drug-likeness (QED) is 0.711. The fourth-order valence-electron chi connectivity index (χ4n) is 1.46. The lowest BCUT2D eigenvalue weighted by molar-refractivity contribution is 0.0949. The zero-order chi connectivity index (χ0) is 13.1. The Morgan fingerprint density at radius 2 is 2.44 bits per heavy atom. The first-order chi connectivity index (χ1) is 8.58. The maximum atomic E-state index is 11.8. The summed E-state index contributed by atoms with van der Waals surface area (Å²) >= 11 is 0. The summed E-state index contributed by atoms with van der Waals surface area (Å²) in [5, 5.41) is 13.5. The molecule has 0 aromatic carbocycles. The van der Waals surface area contributed by atoms with E-state index in [9.17, 15) is 9.00 Å². The number of amides is 1. The van der Waals surface area contributed by atoms with Crippen LogP contribution in [0.4, 0.5) is 0 Å². The molecule has 0 spiro atoms. The largest absolute Gasteiger partial charge is 0.349 e. The summed E-state index contributed by atoms with van der Waals surface area (Å²) < 4.78 is 12.9. The summed E-state index contributed by atoms with van der Waals surface area (Å²) in [7, 11) is -0.942. The van der Waals surface area contributed by atoms with Crippen molar-refractivity contribution in [1.82, 2.24) is 25.6 Å². The SMILES string of the molecule is CC(CNC(=O)c1cn(C2CNC2)nn1)S(C)=O. The van der Waals surface area contributed by atoms with E-state index in [-0.39, 0.29) is 11.2 Å². The van der Waals surface area contributed by atoms with Crippen molar-refractivity contribution in [3.05, 3.63) is 11.9 Å². The molecule has 2 atom stereocenters. The van der Waals surface area contributed by atoms with Gasteiger partial charge in [-0.1, -0.05) is 5.21 Å². The van der Waals surface area contributed by atoms with Crippen LogP contribution >= 0.6 is 0 Å². The highest BCUT2D eigenvalue weighted by Gasteiger charge is 2.21. The van der Waals surface area contributed by atoms with E-state index in [0.29, 0.717) is 18.3 Å². The molecule has 1 fully saturated rings. The van der Waals surface area contributed by atoms with Crippen LogP contribution < -0.4 is 10.6 Å². The Kier molecular flexibility index (Phi) is 4.07. The Balaban J connectivity index is 1.88. The molecule has 0 bridgehead atoms. The van der Waals surface area contributed by atoms with Gasteiger partial charge in [0.05, 0.1) is 12.2 Å². The third kappa shape index (κ3) is 2.94. The van der Waals surface area contributed by atoms with E-state index in [4.69, 9.17) is 0 Å². The molecule has 100 valence electrons. The number of rotatable bonds is 5. The van der Waals surface area contributed by atoms with E-state index < -0.39 is 10.8 Å². The number of nitrogens with one attached hydrogen (secondary N) is 2. The number of carbonyl (C=O) groups excluding carboxylic acids is 1. The molecule has 8 heteroatoms. The van der Waals surface area contributed by atoms with Crippen molar-refractivity contribution in [2.45, 2.75) is 18.2 Å². The topological polar surface area (TPSA) is 88.9 Å². The van der Waals surface area contributed by atoms with Gasteiger partial charge in [0.15, 0.2) is 5.69 Å². The third-order valence-electron chi connectivity index (χ3n) is 2.99. The maximum absolute atomic E-state index is 11.8.